The van der Waals surface area contributed by atoms with Crippen LogP contribution in [0.5, 0.6) is 0 Å². The Hall–Kier alpha value is 1.52. The van der Waals surface area contributed by atoms with Crippen molar-refractivity contribution < 1.29 is 15.7 Å². The summed E-state index contributed by atoms with van der Waals surface area (Å²) >= 11 is 1.06. The molecular formula is C3H11KO3. The van der Waals surface area contributed by atoms with Crippen molar-refractivity contribution in [3.8, 4) is 0 Å². The first kappa shape index (κ1) is 15.8. The van der Waals surface area contributed by atoms with Gasteiger partial charge in [-0.2, -0.15) is 0 Å². The van der Waals surface area contributed by atoms with Crippen LogP contribution in [0.4, 0.5) is 0 Å². The first-order chi connectivity index (χ1) is 2.91. The van der Waals surface area contributed by atoms with Crippen LogP contribution in [0.1, 0.15) is 0 Å². The van der Waals surface area contributed by atoms with Gasteiger partial charge < -0.3 is 15.7 Å². The second kappa shape index (κ2) is 25.8. The zero-order valence-electron chi connectivity index (χ0n) is 4.81. The molecule has 7 heavy (non-hydrogen) atoms. The summed E-state index contributed by atoms with van der Waals surface area (Å²) in [4.78, 5) is 0. The summed E-state index contributed by atoms with van der Waals surface area (Å²) in [7, 11) is 0. The van der Waals surface area contributed by atoms with Gasteiger partial charge in [-0.25, -0.2) is 0 Å². The molecule has 0 rings (SSSR count). The summed E-state index contributed by atoms with van der Waals surface area (Å²) < 4.78 is 2.19. The van der Waals surface area contributed by atoms with E-state index in [1.165, 1.54) is 0 Å². The van der Waals surface area contributed by atoms with E-state index in [9.17, 15) is 0 Å². The van der Waals surface area contributed by atoms with Crippen LogP contribution in [0, 0.1) is 0 Å². The van der Waals surface area contributed by atoms with E-state index in [0.717, 1.165) is 49.0 Å². The number of aliphatic hydroxyl groups excluding tert-OH is 2. The van der Waals surface area contributed by atoms with E-state index in [0.29, 0.717) is 0 Å². The minimum absolute atomic E-state index is 0. The standard InChI is InChI=1S/C2H6O2.CH3.K.H2O/c3-1-2-4;;;/h3-4H,1-2H2;1H3;;1H2. The van der Waals surface area contributed by atoms with E-state index in [-0.39, 0.29) is 18.7 Å². The molecule has 3 nitrogen and oxygen atoms in total. The molecule has 42 valence electrons. The number of rotatable bonds is 1. The molecule has 0 spiro atoms. The van der Waals surface area contributed by atoms with E-state index in [1.54, 1.807) is 0 Å². The molecule has 0 aliphatic heterocycles. The molecule has 0 radical (unpaired) electrons. The predicted octanol–water partition coefficient (Wildman–Crippen LogP) is -1.65. The van der Waals surface area contributed by atoms with E-state index in [4.69, 9.17) is 10.2 Å². The summed E-state index contributed by atoms with van der Waals surface area (Å²) in [5, 5.41) is 15.2. The first-order valence-corrected chi connectivity index (χ1v) is 5.26. The fraction of sp³-hybridized carbons (Fsp3) is 1.00. The monoisotopic (exact) mass is 134 g/mol. The Morgan fingerprint density at radius 2 is 1.29 bits per heavy atom. The van der Waals surface area contributed by atoms with Crippen molar-refractivity contribution >= 4 is 49.0 Å². The summed E-state index contributed by atoms with van der Waals surface area (Å²) in [6.45, 7) is -0.250. The average molecular weight is 134 g/mol. The molecule has 0 saturated carbocycles. The second-order valence-electron chi connectivity index (χ2n) is 0.447. The normalized spacial score (nSPS) is 5.29. The molecule has 0 amide bonds. The molecule has 0 atom stereocenters. The Bertz CT molecular complexity index is 12.1. The van der Waals surface area contributed by atoms with Crippen molar-refractivity contribution in [3.63, 3.8) is 0 Å². The van der Waals surface area contributed by atoms with E-state index in [2.05, 4.69) is 1.02 Å². The zero-order chi connectivity index (χ0) is 5.41. The molecule has 4 heteroatoms. The number of aliphatic hydroxyl groups is 2. The van der Waals surface area contributed by atoms with Crippen LogP contribution < -0.4 is 0 Å². The van der Waals surface area contributed by atoms with Crippen molar-refractivity contribution in [1.29, 1.82) is 0 Å². The van der Waals surface area contributed by atoms with Gasteiger partial charge in [-0.05, 0) is 0 Å². The van der Waals surface area contributed by atoms with Gasteiger partial charge in [0, 0.05) is 0 Å². The van der Waals surface area contributed by atoms with Crippen LogP contribution in [0.25, 0.3) is 0 Å². The van der Waals surface area contributed by atoms with Crippen LogP contribution in [0.2, 0.25) is 1.02 Å². The quantitative estimate of drug-likeness (QED) is 0.422. The van der Waals surface area contributed by atoms with Crippen LogP contribution in [-0.4, -0.2) is 77.9 Å². The van der Waals surface area contributed by atoms with Crippen LogP contribution in [0.15, 0.2) is 0 Å². The Labute approximate surface area is 77.6 Å². The molecule has 0 aromatic heterocycles. The third-order valence-electron chi connectivity index (χ3n) is 0.1000. The Morgan fingerprint density at radius 3 is 1.29 bits per heavy atom. The van der Waals surface area contributed by atoms with Gasteiger partial charge in [-0.1, -0.05) is 0 Å². The second-order valence-corrected chi connectivity index (χ2v) is 0.447. The molecular weight excluding hydrogens is 123 g/mol. The van der Waals surface area contributed by atoms with Crippen molar-refractivity contribution in [1.82, 2.24) is 0 Å². The molecule has 0 heterocycles. The topological polar surface area (TPSA) is 72.0 Å². The van der Waals surface area contributed by atoms with Gasteiger partial charge in [0.1, 0.15) is 0 Å². The molecule has 0 saturated heterocycles. The van der Waals surface area contributed by atoms with Crippen molar-refractivity contribution in [2.24, 2.45) is 0 Å². The molecule has 4 N–H and O–H groups in total. The maximum absolute atomic E-state index is 7.62. The first-order valence-electron chi connectivity index (χ1n) is 2.13. The van der Waals surface area contributed by atoms with Crippen LogP contribution >= 0.6 is 0 Å². The molecule has 0 aliphatic carbocycles. The minimum atomic E-state index is -0.125. The van der Waals surface area contributed by atoms with Gasteiger partial charge >= 0.3 is 50.0 Å². The van der Waals surface area contributed by atoms with Crippen LogP contribution in [0.3, 0.4) is 0 Å². The summed E-state index contributed by atoms with van der Waals surface area (Å²) in [6, 6.07) is 0. The molecule has 0 bridgehead atoms. The average Bonchev–Trinajstić information content (AvgIpc) is 1.72. The summed E-state index contributed by atoms with van der Waals surface area (Å²) in [5.41, 5.74) is 0. The molecule has 0 aliphatic rings. The summed E-state index contributed by atoms with van der Waals surface area (Å²) in [5.74, 6) is 0. The maximum atomic E-state index is 7.62. The molecule has 0 fully saturated rings. The zero-order valence-corrected chi connectivity index (χ0v) is 7.93. The molecule has 0 aromatic carbocycles. The van der Waals surface area contributed by atoms with Crippen molar-refractivity contribution in [3.05, 3.63) is 0 Å². The van der Waals surface area contributed by atoms with Gasteiger partial charge in [0.05, 0.1) is 13.2 Å². The number of hydrogen-bond acceptors (Lipinski definition) is 2. The SMILES string of the molecule is O.OCCO.[CH3][K]. The third-order valence-corrected chi connectivity index (χ3v) is 0.1000. The third kappa shape index (κ3) is 36.1. The van der Waals surface area contributed by atoms with Gasteiger partial charge in [-0.15, -0.1) is 0 Å². The molecule has 0 unspecified atom stereocenters. The van der Waals surface area contributed by atoms with Gasteiger partial charge in [0.25, 0.3) is 0 Å². The molecule has 0 aromatic rings. The van der Waals surface area contributed by atoms with Gasteiger partial charge in [-0.3, -0.25) is 0 Å². The number of hydrogen-bond donors (Lipinski definition) is 2. The van der Waals surface area contributed by atoms with E-state index >= 15 is 0 Å². The van der Waals surface area contributed by atoms with Crippen LogP contribution in [-0.2, 0) is 0 Å². The Balaban J connectivity index is -0.0000000480. The predicted molar refractivity (Wildman–Crippen MR) is 29.4 cm³/mol. The van der Waals surface area contributed by atoms with Gasteiger partial charge in [0.15, 0.2) is 0 Å². The fourth-order valence-electron chi connectivity index (χ4n) is 0. The van der Waals surface area contributed by atoms with Crippen molar-refractivity contribution in [2.45, 2.75) is 1.02 Å². The van der Waals surface area contributed by atoms with Crippen molar-refractivity contribution in [2.75, 3.05) is 13.2 Å². The van der Waals surface area contributed by atoms with Gasteiger partial charge in [0.2, 0.25) is 0 Å². The van der Waals surface area contributed by atoms with E-state index < -0.39 is 0 Å². The van der Waals surface area contributed by atoms with E-state index in [1.807, 2.05) is 0 Å². The summed E-state index contributed by atoms with van der Waals surface area (Å²) in [6.07, 6.45) is 0. The fourth-order valence-corrected chi connectivity index (χ4v) is 0. The Kier molecular flexibility index (Phi) is 58.3. The Morgan fingerprint density at radius 1 is 1.14 bits per heavy atom.